The normalized spacial score (nSPS) is 13.8. The summed E-state index contributed by atoms with van der Waals surface area (Å²) in [7, 11) is 5.88. The van der Waals surface area contributed by atoms with Gasteiger partial charge in [-0.3, -0.25) is 24.7 Å². The zero-order valence-corrected chi connectivity index (χ0v) is 22.5. The number of methoxy groups -OCH3 is 4. The van der Waals surface area contributed by atoms with E-state index in [0.717, 1.165) is 19.6 Å². The fourth-order valence-corrected chi connectivity index (χ4v) is 5.39. The second-order valence-corrected chi connectivity index (χ2v) is 9.37. The van der Waals surface area contributed by atoms with Crippen molar-refractivity contribution in [2.24, 2.45) is 0 Å². The number of carbonyl (C=O) groups is 1. The molecule has 38 heavy (non-hydrogen) atoms. The van der Waals surface area contributed by atoms with Crippen LogP contribution in [0.25, 0.3) is 10.2 Å². The van der Waals surface area contributed by atoms with Gasteiger partial charge in [-0.15, -0.1) is 0 Å². The number of fused-ring (bicyclic) bond motifs is 1. The van der Waals surface area contributed by atoms with E-state index in [2.05, 4.69) is 4.90 Å². The van der Waals surface area contributed by atoms with Crippen molar-refractivity contribution >= 4 is 38.3 Å². The van der Waals surface area contributed by atoms with Gasteiger partial charge in [0.25, 0.3) is 11.6 Å². The highest BCUT2D eigenvalue weighted by Crippen LogP contribution is 2.41. The number of thiazole rings is 1. The molecule has 1 fully saturated rings. The lowest BCUT2D eigenvalue weighted by Crippen LogP contribution is -2.39. The van der Waals surface area contributed by atoms with Gasteiger partial charge in [-0.25, -0.2) is 4.98 Å². The average molecular weight is 547 g/mol. The van der Waals surface area contributed by atoms with Crippen LogP contribution in [-0.4, -0.2) is 88.5 Å². The van der Waals surface area contributed by atoms with Crippen molar-refractivity contribution in [2.75, 3.05) is 72.7 Å². The van der Waals surface area contributed by atoms with Crippen LogP contribution in [0.2, 0.25) is 0 Å². The Morgan fingerprint density at radius 1 is 1.05 bits per heavy atom. The molecule has 0 atom stereocenters. The smallest absolute Gasteiger partial charge is 0.286 e. The van der Waals surface area contributed by atoms with Crippen LogP contribution in [0.1, 0.15) is 16.8 Å². The van der Waals surface area contributed by atoms with Crippen LogP contribution in [0.5, 0.6) is 23.0 Å². The predicted molar refractivity (Wildman–Crippen MR) is 142 cm³/mol. The quantitative estimate of drug-likeness (QED) is 0.260. The monoisotopic (exact) mass is 546 g/mol. The first-order chi connectivity index (χ1) is 18.4. The number of amides is 1. The molecule has 13 heteroatoms. The number of hydrogen-bond donors (Lipinski definition) is 0. The maximum Gasteiger partial charge on any atom is 0.286 e. The minimum atomic E-state index is -0.606. The van der Waals surface area contributed by atoms with E-state index in [9.17, 15) is 14.9 Å². The molecule has 0 unspecified atom stereocenters. The molecular formula is C25H30N4O8S. The summed E-state index contributed by atoms with van der Waals surface area (Å²) in [6.45, 7) is 3.97. The van der Waals surface area contributed by atoms with Gasteiger partial charge < -0.3 is 23.7 Å². The summed E-state index contributed by atoms with van der Waals surface area (Å²) in [4.78, 5) is 33.8. The molecule has 1 amide bonds. The maximum absolute atomic E-state index is 14.0. The fourth-order valence-electron chi connectivity index (χ4n) is 4.29. The summed E-state index contributed by atoms with van der Waals surface area (Å²) in [6, 6.07) is 6.05. The molecule has 2 aromatic carbocycles. The molecule has 0 radical (unpaired) electrons. The SMILES string of the molecule is COc1cc(C(=O)N(CCCN2CCOCC2)c2nc3c(OC)ccc(OC)c3s2)c([N+](=O)[O-])cc1OC. The molecule has 0 bridgehead atoms. The largest absolute Gasteiger partial charge is 0.495 e. The first kappa shape index (κ1) is 27.4. The van der Waals surface area contributed by atoms with E-state index in [1.54, 1.807) is 26.4 Å². The summed E-state index contributed by atoms with van der Waals surface area (Å²) in [6.07, 6.45) is 0.622. The Labute approximate surface area is 223 Å². The van der Waals surface area contributed by atoms with E-state index in [0.29, 0.717) is 46.5 Å². The van der Waals surface area contributed by atoms with Gasteiger partial charge >= 0.3 is 0 Å². The number of aromatic nitrogens is 1. The zero-order valence-electron chi connectivity index (χ0n) is 21.7. The molecule has 1 aliphatic heterocycles. The lowest BCUT2D eigenvalue weighted by Gasteiger charge is -2.27. The Bertz CT molecular complexity index is 1270. The molecule has 2 heterocycles. The number of nitro groups is 1. The van der Waals surface area contributed by atoms with Crippen molar-refractivity contribution < 1.29 is 33.4 Å². The van der Waals surface area contributed by atoms with E-state index in [1.165, 1.54) is 42.6 Å². The van der Waals surface area contributed by atoms with E-state index in [1.807, 2.05) is 0 Å². The third-order valence-corrected chi connectivity index (χ3v) is 7.36. The third kappa shape index (κ3) is 5.59. The Balaban J connectivity index is 1.77. The highest BCUT2D eigenvalue weighted by molar-refractivity contribution is 7.22. The van der Waals surface area contributed by atoms with Crippen LogP contribution in [0.15, 0.2) is 24.3 Å². The number of benzene rings is 2. The van der Waals surface area contributed by atoms with Crippen LogP contribution in [0.4, 0.5) is 10.8 Å². The van der Waals surface area contributed by atoms with Gasteiger partial charge in [0.15, 0.2) is 16.6 Å². The maximum atomic E-state index is 14.0. The van der Waals surface area contributed by atoms with Crippen LogP contribution < -0.4 is 23.8 Å². The topological polar surface area (TPSA) is 126 Å². The second kappa shape index (κ2) is 12.2. The number of anilines is 1. The molecular weight excluding hydrogens is 516 g/mol. The molecule has 204 valence electrons. The summed E-state index contributed by atoms with van der Waals surface area (Å²) in [5.41, 5.74) is 0.0268. The Kier molecular flexibility index (Phi) is 8.81. The number of morpholine rings is 1. The van der Waals surface area contributed by atoms with Gasteiger partial charge in [0, 0.05) is 32.2 Å². The first-order valence-electron chi connectivity index (χ1n) is 12.0. The number of nitro benzene ring substituents is 1. The molecule has 4 rings (SSSR count). The average Bonchev–Trinajstić information content (AvgIpc) is 3.39. The van der Waals surface area contributed by atoms with E-state index in [-0.39, 0.29) is 29.3 Å². The molecule has 0 N–H and O–H groups in total. The van der Waals surface area contributed by atoms with Crippen molar-refractivity contribution in [3.05, 3.63) is 39.9 Å². The minimum Gasteiger partial charge on any atom is -0.495 e. The highest BCUT2D eigenvalue weighted by atomic mass is 32.1. The number of carbonyl (C=O) groups excluding carboxylic acids is 1. The van der Waals surface area contributed by atoms with Crippen molar-refractivity contribution in [1.29, 1.82) is 0 Å². The molecule has 3 aromatic rings. The first-order valence-corrected chi connectivity index (χ1v) is 12.8. The molecule has 1 saturated heterocycles. The minimum absolute atomic E-state index is 0.128. The Hall–Kier alpha value is -3.68. The van der Waals surface area contributed by atoms with E-state index >= 15 is 0 Å². The molecule has 1 aliphatic rings. The van der Waals surface area contributed by atoms with Crippen molar-refractivity contribution in [3.8, 4) is 23.0 Å². The Morgan fingerprint density at radius 3 is 2.32 bits per heavy atom. The zero-order chi connectivity index (χ0) is 27.2. The summed E-state index contributed by atoms with van der Waals surface area (Å²) in [5, 5.41) is 12.3. The highest BCUT2D eigenvalue weighted by Gasteiger charge is 2.31. The molecule has 0 aliphatic carbocycles. The van der Waals surface area contributed by atoms with Gasteiger partial charge in [-0.05, 0) is 18.6 Å². The van der Waals surface area contributed by atoms with E-state index in [4.69, 9.17) is 28.7 Å². The van der Waals surface area contributed by atoms with Crippen LogP contribution in [0, 0.1) is 10.1 Å². The molecule has 0 spiro atoms. The number of hydrogen-bond acceptors (Lipinski definition) is 11. The van der Waals surface area contributed by atoms with E-state index < -0.39 is 10.8 Å². The van der Waals surface area contributed by atoms with Crippen LogP contribution in [0.3, 0.4) is 0 Å². The molecule has 1 aromatic heterocycles. The van der Waals surface area contributed by atoms with Gasteiger partial charge in [0.05, 0.1) is 52.6 Å². The summed E-state index contributed by atoms with van der Waals surface area (Å²) < 4.78 is 27.7. The van der Waals surface area contributed by atoms with Gasteiger partial charge in [0.2, 0.25) is 0 Å². The van der Waals surface area contributed by atoms with Crippen molar-refractivity contribution in [1.82, 2.24) is 9.88 Å². The van der Waals surface area contributed by atoms with Crippen LogP contribution in [-0.2, 0) is 4.74 Å². The summed E-state index contributed by atoms with van der Waals surface area (Å²) >= 11 is 1.26. The molecule has 12 nitrogen and oxygen atoms in total. The van der Waals surface area contributed by atoms with Gasteiger partial charge in [0.1, 0.15) is 27.3 Å². The van der Waals surface area contributed by atoms with Crippen molar-refractivity contribution in [3.63, 3.8) is 0 Å². The van der Waals surface area contributed by atoms with Crippen molar-refractivity contribution in [2.45, 2.75) is 6.42 Å². The lowest BCUT2D eigenvalue weighted by atomic mass is 10.1. The molecule has 0 saturated carbocycles. The van der Waals surface area contributed by atoms with Gasteiger partial charge in [-0.1, -0.05) is 11.3 Å². The fraction of sp³-hybridized carbons (Fsp3) is 0.440. The predicted octanol–water partition coefficient (Wildman–Crippen LogP) is 3.61. The Morgan fingerprint density at radius 2 is 1.68 bits per heavy atom. The number of ether oxygens (including phenoxy) is 5. The lowest BCUT2D eigenvalue weighted by molar-refractivity contribution is -0.385. The van der Waals surface area contributed by atoms with Crippen LogP contribution >= 0.6 is 11.3 Å². The van der Waals surface area contributed by atoms with Gasteiger partial charge in [-0.2, -0.15) is 0 Å². The second-order valence-electron chi connectivity index (χ2n) is 8.39. The third-order valence-electron chi connectivity index (χ3n) is 6.26. The number of rotatable bonds is 11. The standard InChI is InChI=1S/C25H30N4O8S/c1-33-18-6-7-19(34-2)23-22(18)26-25(38-23)28(9-5-8-27-10-12-37-13-11-27)24(30)16-14-20(35-3)21(36-4)15-17(16)29(31)32/h6-7,14-15H,5,8-13H2,1-4H3. The summed E-state index contributed by atoms with van der Waals surface area (Å²) in [5.74, 6) is 0.909. The number of nitrogens with zero attached hydrogens (tertiary/aromatic N) is 4.